The van der Waals surface area contributed by atoms with E-state index in [9.17, 15) is 4.79 Å². The van der Waals surface area contributed by atoms with E-state index < -0.39 is 0 Å². The Hall–Kier alpha value is -1.31. The lowest BCUT2D eigenvalue weighted by molar-refractivity contribution is -0.116. The maximum absolute atomic E-state index is 11.9. The first-order chi connectivity index (χ1) is 9.72. The van der Waals surface area contributed by atoms with Crippen molar-refractivity contribution in [3.05, 3.63) is 29.3 Å². The highest BCUT2D eigenvalue weighted by Crippen LogP contribution is 2.39. The fraction of sp³-hybridized carbons (Fsp3) is 0.611. The Morgan fingerprint density at radius 1 is 1.15 bits per heavy atom. The molecule has 1 aliphatic carbocycles. The number of rotatable bonds is 2. The number of benzene rings is 1. The zero-order valence-corrected chi connectivity index (χ0v) is 12.5. The summed E-state index contributed by atoms with van der Waals surface area (Å²) in [5, 5.41) is 3.09. The van der Waals surface area contributed by atoms with Gasteiger partial charge in [-0.1, -0.05) is 44.2 Å². The number of carbonyl (C=O) groups is 1. The molecule has 0 radical (unpaired) electrons. The van der Waals surface area contributed by atoms with E-state index in [4.69, 9.17) is 0 Å². The van der Waals surface area contributed by atoms with Crippen molar-refractivity contribution < 1.29 is 4.79 Å². The molecule has 2 aliphatic rings. The fourth-order valence-corrected chi connectivity index (χ4v) is 3.88. The summed E-state index contributed by atoms with van der Waals surface area (Å²) in [7, 11) is 0. The third kappa shape index (κ3) is 3.05. The van der Waals surface area contributed by atoms with Gasteiger partial charge in [-0.2, -0.15) is 0 Å². The average Bonchev–Trinajstić information content (AvgIpc) is 2.59. The first kappa shape index (κ1) is 13.7. The van der Waals surface area contributed by atoms with Gasteiger partial charge in [0.1, 0.15) is 0 Å². The Kier molecular flexibility index (Phi) is 4.09. The molecule has 3 rings (SSSR count). The van der Waals surface area contributed by atoms with Crippen molar-refractivity contribution in [3.63, 3.8) is 0 Å². The quantitative estimate of drug-likeness (QED) is 0.824. The van der Waals surface area contributed by atoms with Crippen LogP contribution in [0.1, 0.15) is 68.4 Å². The summed E-state index contributed by atoms with van der Waals surface area (Å²) in [6.45, 7) is 2.09. The molecule has 1 heterocycles. The van der Waals surface area contributed by atoms with E-state index in [1.807, 2.05) is 0 Å². The summed E-state index contributed by atoms with van der Waals surface area (Å²) in [4.78, 5) is 11.9. The van der Waals surface area contributed by atoms with Gasteiger partial charge in [-0.15, -0.1) is 0 Å². The maximum Gasteiger partial charge on any atom is 0.224 e. The van der Waals surface area contributed by atoms with Crippen LogP contribution in [0.2, 0.25) is 0 Å². The van der Waals surface area contributed by atoms with E-state index in [0.717, 1.165) is 18.0 Å². The first-order valence-electron chi connectivity index (χ1n) is 8.13. The maximum atomic E-state index is 11.9. The Labute approximate surface area is 122 Å². The molecule has 1 amide bonds. The minimum atomic E-state index is 0.183. The summed E-state index contributed by atoms with van der Waals surface area (Å²) < 4.78 is 0. The average molecular weight is 271 g/mol. The van der Waals surface area contributed by atoms with Crippen molar-refractivity contribution in [2.45, 2.75) is 64.2 Å². The van der Waals surface area contributed by atoms with Gasteiger partial charge in [0, 0.05) is 12.1 Å². The molecule has 0 aromatic heterocycles. The molecule has 2 heteroatoms. The second-order valence-electron chi connectivity index (χ2n) is 6.61. The van der Waals surface area contributed by atoms with Crippen LogP contribution in [0, 0.1) is 12.8 Å². The SMILES string of the molecule is Cc1ccc2c(c1)NC(=O)CCC2CC1CCCCC1. The van der Waals surface area contributed by atoms with Crippen LogP contribution in [0.15, 0.2) is 18.2 Å². The van der Waals surface area contributed by atoms with Crippen LogP contribution >= 0.6 is 0 Å². The van der Waals surface area contributed by atoms with Gasteiger partial charge < -0.3 is 5.32 Å². The topological polar surface area (TPSA) is 29.1 Å². The lowest BCUT2D eigenvalue weighted by atomic mass is 9.79. The summed E-state index contributed by atoms with van der Waals surface area (Å²) in [6, 6.07) is 6.56. The van der Waals surface area contributed by atoms with Gasteiger partial charge in [0.25, 0.3) is 0 Å². The Bertz CT molecular complexity index is 488. The second-order valence-corrected chi connectivity index (χ2v) is 6.61. The summed E-state index contributed by atoms with van der Waals surface area (Å²) in [5.74, 6) is 1.62. The van der Waals surface area contributed by atoms with Crippen LogP contribution in [0.5, 0.6) is 0 Å². The molecule has 1 aromatic carbocycles. The molecule has 0 spiro atoms. The van der Waals surface area contributed by atoms with Crippen molar-refractivity contribution in [2.24, 2.45) is 5.92 Å². The molecule has 1 atom stereocenters. The molecule has 20 heavy (non-hydrogen) atoms. The molecule has 1 aromatic rings. The standard InChI is InChI=1S/C18H25NO/c1-13-7-9-16-15(12-14-5-3-2-4-6-14)8-10-18(20)19-17(16)11-13/h7,9,11,14-15H,2-6,8,10,12H2,1H3,(H,19,20). The normalized spacial score (nSPS) is 23.9. The largest absolute Gasteiger partial charge is 0.326 e. The van der Waals surface area contributed by atoms with Gasteiger partial charge in [0.15, 0.2) is 0 Å². The number of carbonyl (C=O) groups excluding carboxylic acids is 1. The second kappa shape index (κ2) is 5.99. The van der Waals surface area contributed by atoms with Crippen LogP contribution in [0.4, 0.5) is 5.69 Å². The lowest BCUT2D eigenvalue weighted by Gasteiger charge is -2.26. The smallest absolute Gasteiger partial charge is 0.224 e. The number of amides is 1. The van der Waals surface area contributed by atoms with E-state index in [-0.39, 0.29) is 5.91 Å². The third-order valence-electron chi connectivity index (χ3n) is 4.99. The van der Waals surface area contributed by atoms with Crippen molar-refractivity contribution >= 4 is 11.6 Å². The Morgan fingerprint density at radius 2 is 1.95 bits per heavy atom. The van der Waals surface area contributed by atoms with Crippen LogP contribution in [-0.2, 0) is 4.79 Å². The number of hydrogen-bond acceptors (Lipinski definition) is 1. The molecule has 0 saturated heterocycles. The van der Waals surface area contributed by atoms with E-state index >= 15 is 0 Å². The molecule has 108 valence electrons. The summed E-state index contributed by atoms with van der Waals surface area (Å²) >= 11 is 0. The third-order valence-corrected chi connectivity index (χ3v) is 4.99. The van der Waals surface area contributed by atoms with Crippen LogP contribution in [-0.4, -0.2) is 5.91 Å². The van der Waals surface area contributed by atoms with E-state index in [1.165, 1.54) is 49.7 Å². The summed E-state index contributed by atoms with van der Waals surface area (Å²) in [5.41, 5.74) is 3.66. The van der Waals surface area contributed by atoms with Gasteiger partial charge in [0.05, 0.1) is 0 Å². The number of aryl methyl sites for hydroxylation is 1. The molecular weight excluding hydrogens is 246 g/mol. The van der Waals surface area contributed by atoms with Gasteiger partial charge in [0.2, 0.25) is 5.91 Å². The molecule has 1 unspecified atom stereocenters. The molecule has 1 fully saturated rings. The van der Waals surface area contributed by atoms with Crippen molar-refractivity contribution in [1.29, 1.82) is 0 Å². The van der Waals surface area contributed by atoms with Gasteiger partial charge in [-0.25, -0.2) is 0 Å². The van der Waals surface area contributed by atoms with E-state index in [0.29, 0.717) is 12.3 Å². The number of fused-ring (bicyclic) bond motifs is 1. The zero-order chi connectivity index (χ0) is 13.9. The highest BCUT2D eigenvalue weighted by Gasteiger charge is 2.25. The van der Waals surface area contributed by atoms with E-state index in [2.05, 4.69) is 30.4 Å². The monoisotopic (exact) mass is 271 g/mol. The highest BCUT2D eigenvalue weighted by atomic mass is 16.1. The fourth-order valence-electron chi connectivity index (χ4n) is 3.88. The predicted molar refractivity (Wildman–Crippen MR) is 83.0 cm³/mol. The molecule has 1 aliphatic heterocycles. The number of anilines is 1. The zero-order valence-electron chi connectivity index (χ0n) is 12.5. The molecule has 0 bridgehead atoms. The Balaban J connectivity index is 1.81. The van der Waals surface area contributed by atoms with E-state index in [1.54, 1.807) is 0 Å². The highest BCUT2D eigenvalue weighted by molar-refractivity contribution is 5.92. The molecule has 1 N–H and O–H groups in total. The minimum Gasteiger partial charge on any atom is -0.326 e. The predicted octanol–water partition coefficient (Wildman–Crippen LogP) is 4.78. The number of nitrogens with one attached hydrogen (secondary N) is 1. The Morgan fingerprint density at radius 3 is 2.75 bits per heavy atom. The molecule has 1 saturated carbocycles. The summed E-state index contributed by atoms with van der Waals surface area (Å²) in [6.07, 6.45) is 9.94. The lowest BCUT2D eigenvalue weighted by Crippen LogP contribution is -2.11. The molecule has 2 nitrogen and oxygen atoms in total. The molecular formula is C18H25NO. The van der Waals surface area contributed by atoms with Crippen LogP contribution in [0.25, 0.3) is 0 Å². The minimum absolute atomic E-state index is 0.183. The van der Waals surface area contributed by atoms with Gasteiger partial charge >= 0.3 is 0 Å². The van der Waals surface area contributed by atoms with Gasteiger partial charge in [-0.3, -0.25) is 4.79 Å². The van der Waals surface area contributed by atoms with Crippen molar-refractivity contribution in [3.8, 4) is 0 Å². The van der Waals surface area contributed by atoms with Crippen LogP contribution in [0.3, 0.4) is 0 Å². The first-order valence-corrected chi connectivity index (χ1v) is 8.13. The van der Waals surface area contributed by atoms with Crippen molar-refractivity contribution in [2.75, 3.05) is 5.32 Å². The van der Waals surface area contributed by atoms with Crippen molar-refractivity contribution in [1.82, 2.24) is 0 Å². The van der Waals surface area contributed by atoms with Gasteiger partial charge in [-0.05, 0) is 48.8 Å². The van der Waals surface area contributed by atoms with Crippen LogP contribution < -0.4 is 5.32 Å². The number of hydrogen-bond donors (Lipinski definition) is 1.